The highest BCUT2D eigenvalue weighted by Crippen LogP contribution is 2.45. The fraction of sp³-hybridized carbons (Fsp3) is 0.464. The van der Waals surface area contributed by atoms with Crippen LogP contribution < -0.4 is 10.6 Å². The van der Waals surface area contributed by atoms with Crippen LogP contribution in [-0.4, -0.2) is 42.3 Å². The molecule has 1 fully saturated rings. The Labute approximate surface area is 206 Å². The zero-order valence-corrected chi connectivity index (χ0v) is 20.2. The number of hydrogen-bond donors (Lipinski definition) is 3. The number of carbonyl (C=O) groups is 3. The van der Waals surface area contributed by atoms with E-state index in [9.17, 15) is 14.4 Å². The Kier molecular flexibility index (Phi) is 7.73. The zero-order chi connectivity index (χ0) is 24.8. The van der Waals surface area contributed by atoms with Gasteiger partial charge < -0.3 is 20.5 Å². The monoisotopic (exact) mass is 478 g/mol. The Morgan fingerprint density at radius 2 is 1.69 bits per heavy atom. The molecule has 0 spiro atoms. The van der Waals surface area contributed by atoms with Crippen LogP contribution in [0.15, 0.2) is 48.5 Å². The van der Waals surface area contributed by atoms with E-state index in [1.165, 1.54) is 0 Å². The fourth-order valence-electron chi connectivity index (χ4n) is 5.44. The van der Waals surface area contributed by atoms with Gasteiger partial charge >= 0.3 is 12.1 Å². The highest BCUT2D eigenvalue weighted by molar-refractivity contribution is 5.86. The summed E-state index contributed by atoms with van der Waals surface area (Å²) in [6.07, 6.45) is 4.50. The number of rotatable bonds is 11. The molecule has 2 aliphatic carbocycles. The summed E-state index contributed by atoms with van der Waals surface area (Å²) in [7, 11) is 0. The van der Waals surface area contributed by atoms with E-state index in [4.69, 9.17) is 9.84 Å². The van der Waals surface area contributed by atoms with Crippen molar-refractivity contribution in [2.45, 2.75) is 63.8 Å². The van der Waals surface area contributed by atoms with E-state index >= 15 is 0 Å². The first-order valence-corrected chi connectivity index (χ1v) is 12.5. The first-order chi connectivity index (χ1) is 16.9. The molecule has 0 heterocycles. The van der Waals surface area contributed by atoms with Crippen molar-refractivity contribution in [3.8, 4) is 11.1 Å². The minimum atomic E-state index is -1.02. The molecule has 7 heteroatoms. The van der Waals surface area contributed by atoms with Gasteiger partial charge in [0.05, 0.1) is 0 Å². The summed E-state index contributed by atoms with van der Waals surface area (Å²) in [4.78, 5) is 36.7. The molecular formula is C28H34N2O5. The van der Waals surface area contributed by atoms with E-state index < -0.39 is 18.1 Å². The fourth-order valence-corrected chi connectivity index (χ4v) is 5.44. The average Bonchev–Trinajstić information content (AvgIpc) is 3.15. The second-order valence-corrected chi connectivity index (χ2v) is 9.78. The summed E-state index contributed by atoms with van der Waals surface area (Å²) < 4.78 is 5.57. The highest BCUT2D eigenvalue weighted by Gasteiger charge is 2.37. The smallest absolute Gasteiger partial charge is 0.407 e. The molecule has 0 radical (unpaired) electrons. The van der Waals surface area contributed by atoms with Gasteiger partial charge in [-0.1, -0.05) is 68.3 Å². The van der Waals surface area contributed by atoms with Gasteiger partial charge in [0.15, 0.2) is 0 Å². The normalized spacial score (nSPS) is 16.4. The maximum Gasteiger partial charge on any atom is 0.407 e. The van der Waals surface area contributed by atoms with Crippen molar-refractivity contribution in [2.24, 2.45) is 5.41 Å². The van der Waals surface area contributed by atoms with Gasteiger partial charge in [-0.05, 0) is 53.4 Å². The summed E-state index contributed by atoms with van der Waals surface area (Å²) in [6, 6.07) is 15.2. The molecule has 0 aliphatic heterocycles. The van der Waals surface area contributed by atoms with Gasteiger partial charge in [0.25, 0.3) is 0 Å². The quantitative estimate of drug-likeness (QED) is 0.428. The summed E-state index contributed by atoms with van der Waals surface area (Å²) in [5, 5.41) is 14.7. The Morgan fingerprint density at radius 1 is 1.06 bits per heavy atom. The molecule has 0 saturated heterocycles. The lowest BCUT2D eigenvalue weighted by molar-refractivity contribution is -0.137. The van der Waals surface area contributed by atoms with E-state index in [1.807, 2.05) is 36.4 Å². The van der Waals surface area contributed by atoms with Gasteiger partial charge in [-0.15, -0.1) is 0 Å². The van der Waals surface area contributed by atoms with E-state index in [2.05, 4.69) is 29.7 Å². The van der Waals surface area contributed by atoms with Gasteiger partial charge in [0.1, 0.15) is 12.6 Å². The number of nitrogens with one attached hydrogen (secondary N) is 2. The lowest BCUT2D eigenvalue weighted by atomic mass is 9.66. The summed E-state index contributed by atoms with van der Waals surface area (Å²) in [5.41, 5.74) is 4.60. The molecule has 2 aromatic rings. The molecule has 186 valence electrons. The molecule has 0 aromatic heterocycles. The molecule has 2 aromatic carbocycles. The molecule has 7 nitrogen and oxygen atoms in total. The third-order valence-electron chi connectivity index (χ3n) is 7.43. The van der Waals surface area contributed by atoms with Crippen molar-refractivity contribution >= 4 is 18.0 Å². The Morgan fingerprint density at radius 3 is 2.23 bits per heavy atom. The molecular weight excluding hydrogens is 444 g/mol. The third kappa shape index (κ3) is 5.66. The number of benzene rings is 2. The summed E-state index contributed by atoms with van der Waals surface area (Å²) >= 11 is 0. The van der Waals surface area contributed by atoms with Crippen molar-refractivity contribution in [1.29, 1.82) is 0 Å². The standard InChI is InChI=1S/C28H34N2O5/c1-2-14-28(15-7-16-28)18-29-26(33)24(12-13-25(31)32)30-27(34)35-17-23-21-10-5-3-8-19(21)20-9-4-6-11-22(20)23/h3-6,8-11,23-24H,2,7,12-18H2,1H3,(H,29,33)(H,30,34)(H,31,32). The number of alkyl carbamates (subject to hydrolysis) is 1. The average molecular weight is 479 g/mol. The van der Waals surface area contributed by atoms with Crippen LogP contribution in [-0.2, 0) is 14.3 Å². The first kappa shape index (κ1) is 24.8. The number of fused-ring (bicyclic) bond motifs is 3. The maximum absolute atomic E-state index is 12.9. The molecule has 2 aliphatic rings. The molecule has 1 unspecified atom stereocenters. The Balaban J connectivity index is 1.37. The van der Waals surface area contributed by atoms with Crippen LogP contribution in [0, 0.1) is 5.41 Å². The number of ether oxygens (including phenoxy) is 1. The van der Waals surface area contributed by atoms with Crippen molar-refractivity contribution in [3.63, 3.8) is 0 Å². The number of aliphatic carboxylic acids is 1. The van der Waals surface area contributed by atoms with Crippen molar-refractivity contribution < 1.29 is 24.2 Å². The number of hydrogen-bond acceptors (Lipinski definition) is 4. The van der Waals surface area contributed by atoms with Crippen LogP contribution in [0.2, 0.25) is 0 Å². The lowest BCUT2D eigenvalue weighted by Gasteiger charge is -2.42. The minimum absolute atomic E-state index is 0.00609. The van der Waals surface area contributed by atoms with Gasteiger partial charge in [-0.2, -0.15) is 0 Å². The Hall–Kier alpha value is -3.35. The van der Waals surface area contributed by atoms with E-state index in [1.54, 1.807) is 0 Å². The second kappa shape index (κ2) is 10.9. The SMILES string of the molecule is CCCC1(CNC(=O)C(CCC(=O)O)NC(=O)OCC2c3ccccc3-c3ccccc32)CCC1. The molecule has 4 rings (SSSR count). The molecule has 35 heavy (non-hydrogen) atoms. The van der Waals surface area contributed by atoms with Gasteiger partial charge in [0, 0.05) is 18.9 Å². The zero-order valence-electron chi connectivity index (χ0n) is 20.2. The lowest BCUT2D eigenvalue weighted by Crippen LogP contribution is -2.50. The number of carboxylic acids is 1. The van der Waals surface area contributed by atoms with Crippen LogP contribution >= 0.6 is 0 Å². The molecule has 2 amide bonds. The van der Waals surface area contributed by atoms with Crippen molar-refractivity contribution in [1.82, 2.24) is 10.6 Å². The second-order valence-electron chi connectivity index (χ2n) is 9.78. The van der Waals surface area contributed by atoms with Gasteiger partial charge in [0.2, 0.25) is 5.91 Å². The number of amides is 2. The van der Waals surface area contributed by atoms with Crippen molar-refractivity contribution in [3.05, 3.63) is 59.7 Å². The van der Waals surface area contributed by atoms with Crippen LogP contribution in [0.1, 0.15) is 68.9 Å². The predicted molar refractivity (Wildman–Crippen MR) is 133 cm³/mol. The summed E-state index contributed by atoms with van der Waals surface area (Å²) in [5.74, 6) is -1.47. The van der Waals surface area contributed by atoms with Crippen molar-refractivity contribution in [2.75, 3.05) is 13.2 Å². The molecule has 0 bridgehead atoms. The minimum Gasteiger partial charge on any atom is -0.481 e. The number of carboxylic acid groups (broad SMARTS) is 1. The molecule has 1 saturated carbocycles. The summed E-state index contributed by atoms with van der Waals surface area (Å²) in [6.45, 7) is 2.82. The largest absolute Gasteiger partial charge is 0.481 e. The van der Waals surface area contributed by atoms with Gasteiger partial charge in [-0.3, -0.25) is 9.59 Å². The molecule has 1 atom stereocenters. The highest BCUT2D eigenvalue weighted by atomic mass is 16.5. The molecule has 3 N–H and O–H groups in total. The topological polar surface area (TPSA) is 105 Å². The Bertz CT molecular complexity index is 1030. The van der Waals surface area contributed by atoms with Crippen LogP contribution in [0.5, 0.6) is 0 Å². The van der Waals surface area contributed by atoms with Gasteiger partial charge in [-0.25, -0.2) is 4.79 Å². The van der Waals surface area contributed by atoms with Crippen LogP contribution in [0.3, 0.4) is 0 Å². The first-order valence-electron chi connectivity index (χ1n) is 12.5. The van der Waals surface area contributed by atoms with E-state index in [-0.39, 0.29) is 36.7 Å². The number of carbonyl (C=O) groups excluding carboxylic acids is 2. The van der Waals surface area contributed by atoms with Crippen LogP contribution in [0.25, 0.3) is 11.1 Å². The van der Waals surface area contributed by atoms with E-state index in [0.717, 1.165) is 54.4 Å². The third-order valence-corrected chi connectivity index (χ3v) is 7.43. The maximum atomic E-state index is 12.9. The predicted octanol–water partition coefficient (Wildman–Crippen LogP) is 4.85. The van der Waals surface area contributed by atoms with Crippen LogP contribution in [0.4, 0.5) is 4.79 Å². The van der Waals surface area contributed by atoms with E-state index in [0.29, 0.717) is 6.54 Å².